The molecule has 3 aromatic rings. The van der Waals surface area contributed by atoms with Gasteiger partial charge in [-0.15, -0.1) is 0 Å². The Labute approximate surface area is 195 Å². The van der Waals surface area contributed by atoms with Crippen LogP contribution in [0.4, 0.5) is 0 Å². The molecule has 1 aliphatic heterocycles. The standard InChI is InChI=1S/C23H19Br2NO5/c24-16-6-4-12(8-17(16)25)21-20(31-14-3-1-2-13(27)9-14)11-30-23-15(19(29)10-26)5-7-18(28)22(21)23/h1-9,19,27-29H,10-11,26H2. The normalized spacial score (nSPS) is 14.1. The van der Waals surface area contributed by atoms with Gasteiger partial charge in [-0.05, 0) is 73.8 Å². The number of rotatable bonds is 5. The monoisotopic (exact) mass is 547 g/mol. The molecular weight excluding hydrogens is 530 g/mol. The van der Waals surface area contributed by atoms with Gasteiger partial charge in [0, 0.05) is 32.7 Å². The summed E-state index contributed by atoms with van der Waals surface area (Å²) in [5, 5.41) is 30.9. The van der Waals surface area contributed by atoms with Crippen molar-refractivity contribution in [1.29, 1.82) is 0 Å². The number of ether oxygens (including phenoxy) is 2. The summed E-state index contributed by atoms with van der Waals surface area (Å²) in [5.74, 6) is 1.28. The Kier molecular flexibility index (Phi) is 6.24. The molecule has 0 fully saturated rings. The number of aliphatic hydroxyl groups excluding tert-OH is 1. The van der Waals surface area contributed by atoms with E-state index in [9.17, 15) is 15.3 Å². The summed E-state index contributed by atoms with van der Waals surface area (Å²) < 4.78 is 13.7. The minimum atomic E-state index is -0.944. The molecule has 0 radical (unpaired) electrons. The minimum Gasteiger partial charge on any atom is -0.508 e. The molecule has 5 N–H and O–H groups in total. The molecule has 0 aromatic heterocycles. The molecule has 31 heavy (non-hydrogen) atoms. The van der Waals surface area contributed by atoms with Crippen LogP contribution in [0.1, 0.15) is 22.8 Å². The number of benzene rings is 3. The molecule has 1 heterocycles. The maximum atomic E-state index is 10.8. The first-order valence-electron chi connectivity index (χ1n) is 9.41. The van der Waals surface area contributed by atoms with Gasteiger partial charge in [0.25, 0.3) is 0 Å². The zero-order valence-corrected chi connectivity index (χ0v) is 19.4. The molecule has 3 aromatic carbocycles. The number of aliphatic hydroxyl groups is 1. The second-order valence-corrected chi connectivity index (χ2v) is 8.65. The largest absolute Gasteiger partial charge is 0.508 e. The van der Waals surface area contributed by atoms with Crippen LogP contribution in [0.15, 0.2) is 69.3 Å². The Balaban J connectivity index is 1.95. The van der Waals surface area contributed by atoms with E-state index < -0.39 is 6.10 Å². The summed E-state index contributed by atoms with van der Waals surface area (Å²) in [6, 6.07) is 15.2. The van der Waals surface area contributed by atoms with Crippen LogP contribution in [0.2, 0.25) is 0 Å². The zero-order valence-electron chi connectivity index (χ0n) is 16.2. The molecule has 8 heteroatoms. The van der Waals surface area contributed by atoms with Crippen LogP contribution in [0, 0.1) is 0 Å². The van der Waals surface area contributed by atoms with Crippen LogP contribution >= 0.6 is 31.9 Å². The SMILES string of the molecule is NCC(O)c1ccc(O)c2c1OCC(Oc1cccc(O)c1)=C2c1ccc(Br)c(Br)c1. The number of hydrogen-bond donors (Lipinski definition) is 4. The lowest BCUT2D eigenvalue weighted by Gasteiger charge is -2.28. The van der Waals surface area contributed by atoms with E-state index in [4.69, 9.17) is 15.2 Å². The average molecular weight is 549 g/mol. The van der Waals surface area contributed by atoms with Crippen molar-refractivity contribution in [2.75, 3.05) is 13.2 Å². The molecular formula is C23H19Br2NO5. The summed E-state index contributed by atoms with van der Waals surface area (Å²) in [5.41, 5.74) is 7.93. The third-order valence-electron chi connectivity index (χ3n) is 4.89. The fourth-order valence-corrected chi connectivity index (χ4v) is 4.08. The highest BCUT2D eigenvalue weighted by atomic mass is 79.9. The van der Waals surface area contributed by atoms with Crippen molar-refractivity contribution in [3.8, 4) is 23.0 Å². The number of hydrogen-bond acceptors (Lipinski definition) is 6. The Morgan fingerprint density at radius 2 is 1.84 bits per heavy atom. The number of halogens is 2. The Morgan fingerprint density at radius 1 is 1.03 bits per heavy atom. The molecule has 0 amide bonds. The van der Waals surface area contributed by atoms with E-state index in [1.165, 1.54) is 12.1 Å². The fourth-order valence-electron chi connectivity index (χ4n) is 3.45. The van der Waals surface area contributed by atoms with Crippen LogP contribution in [-0.2, 0) is 0 Å². The van der Waals surface area contributed by atoms with Crippen molar-refractivity contribution >= 4 is 37.4 Å². The third-order valence-corrected chi connectivity index (χ3v) is 6.77. The molecule has 1 unspecified atom stereocenters. The van der Waals surface area contributed by atoms with Crippen molar-refractivity contribution in [2.45, 2.75) is 6.10 Å². The van der Waals surface area contributed by atoms with E-state index in [1.807, 2.05) is 18.2 Å². The molecule has 160 valence electrons. The van der Waals surface area contributed by atoms with Crippen LogP contribution in [0.5, 0.6) is 23.0 Å². The molecule has 4 rings (SSSR count). The molecule has 1 aliphatic rings. The third kappa shape index (κ3) is 4.29. The molecule has 0 bridgehead atoms. The van der Waals surface area contributed by atoms with Gasteiger partial charge in [0.1, 0.15) is 29.6 Å². The fraction of sp³-hybridized carbons (Fsp3) is 0.130. The van der Waals surface area contributed by atoms with Crippen molar-refractivity contribution in [1.82, 2.24) is 0 Å². The van der Waals surface area contributed by atoms with E-state index in [0.717, 1.165) is 14.5 Å². The predicted octanol–water partition coefficient (Wildman–Crippen LogP) is 4.85. The summed E-state index contributed by atoms with van der Waals surface area (Å²) in [4.78, 5) is 0. The highest BCUT2D eigenvalue weighted by molar-refractivity contribution is 9.13. The van der Waals surface area contributed by atoms with Gasteiger partial charge in [0.15, 0.2) is 5.76 Å². The van der Waals surface area contributed by atoms with E-state index in [0.29, 0.717) is 34.0 Å². The van der Waals surface area contributed by atoms with Crippen molar-refractivity contribution in [2.24, 2.45) is 5.73 Å². The quantitative estimate of drug-likeness (QED) is 0.363. The minimum absolute atomic E-state index is 0.0100. The number of phenols is 2. The lowest BCUT2D eigenvalue weighted by molar-refractivity contribution is 0.178. The van der Waals surface area contributed by atoms with Crippen LogP contribution < -0.4 is 15.2 Å². The first-order valence-corrected chi connectivity index (χ1v) is 11.0. The van der Waals surface area contributed by atoms with Gasteiger partial charge >= 0.3 is 0 Å². The zero-order chi connectivity index (χ0) is 22.1. The van der Waals surface area contributed by atoms with Crippen molar-refractivity contribution in [3.63, 3.8) is 0 Å². The molecule has 0 spiro atoms. The second kappa shape index (κ2) is 8.92. The Morgan fingerprint density at radius 3 is 2.55 bits per heavy atom. The average Bonchev–Trinajstić information content (AvgIpc) is 2.75. The molecule has 0 aliphatic carbocycles. The Bertz CT molecular complexity index is 1180. The van der Waals surface area contributed by atoms with Gasteiger partial charge < -0.3 is 30.5 Å². The highest BCUT2D eigenvalue weighted by Gasteiger charge is 2.30. The molecule has 6 nitrogen and oxygen atoms in total. The van der Waals surface area contributed by atoms with Gasteiger partial charge in [-0.25, -0.2) is 0 Å². The lowest BCUT2D eigenvalue weighted by atomic mass is 9.90. The number of nitrogens with two attached hydrogens (primary N) is 1. The van der Waals surface area contributed by atoms with Gasteiger partial charge in [-0.3, -0.25) is 0 Å². The summed E-state index contributed by atoms with van der Waals surface area (Å²) in [6.45, 7) is 0.0650. The van der Waals surface area contributed by atoms with Gasteiger partial charge in [0.05, 0.1) is 11.7 Å². The van der Waals surface area contributed by atoms with E-state index in [2.05, 4.69) is 31.9 Å². The van der Waals surface area contributed by atoms with Gasteiger partial charge in [-0.2, -0.15) is 0 Å². The maximum absolute atomic E-state index is 10.8. The highest BCUT2D eigenvalue weighted by Crippen LogP contribution is 2.47. The predicted molar refractivity (Wildman–Crippen MR) is 124 cm³/mol. The first-order chi connectivity index (χ1) is 14.9. The van der Waals surface area contributed by atoms with Crippen molar-refractivity contribution in [3.05, 3.63) is 86.0 Å². The number of aromatic hydroxyl groups is 2. The topological polar surface area (TPSA) is 105 Å². The van der Waals surface area contributed by atoms with E-state index >= 15 is 0 Å². The molecule has 0 saturated carbocycles. The van der Waals surface area contributed by atoms with Crippen LogP contribution in [0.3, 0.4) is 0 Å². The molecule has 0 saturated heterocycles. The lowest BCUT2D eigenvalue weighted by Crippen LogP contribution is -2.20. The van der Waals surface area contributed by atoms with Gasteiger partial charge in [-0.1, -0.05) is 12.1 Å². The second-order valence-electron chi connectivity index (χ2n) is 6.94. The Hall–Kier alpha value is -2.52. The maximum Gasteiger partial charge on any atom is 0.150 e. The van der Waals surface area contributed by atoms with Crippen LogP contribution in [0.25, 0.3) is 5.57 Å². The summed E-state index contributed by atoms with van der Waals surface area (Å²) in [6.07, 6.45) is -0.944. The number of fused-ring (bicyclic) bond motifs is 1. The molecule has 1 atom stereocenters. The smallest absolute Gasteiger partial charge is 0.150 e. The van der Waals surface area contributed by atoms with Gasteiger partial charge in [0.2, 0.25) is 0 Å². The number of phenolic OH excluding ortho intramolecular Hbond substituents is 2. The summed E-state index contributed by atoms with van der Waals surface area (Å²) >= 11 is 7.00. The van der Waals surface area contributed by atoms with Crippen LogP contribution in [-0.4, -0.2) is 28.5 Å². The first kappa shape index (κ1) is 21.7. The van der Waals surface area contributed by atoms with E-state index in [1.54, 1.807) is 24.3 Å². The van der Waals surface area contributed by atoms with E-state index in [-0.39, 0.29) is 24.7 Å². The summed E-state index contributed by atoms with van der Waals surface area (Å²) in [7, 11) is 0. The van der Waals surface area contributed by atoms with Crippen molar-refractivity contribution < 1.29 is 24.8 Å².